The minimum Gasteiger partial charge on any atom is -0.485 e. The SMILES string of the molecule is Cc1no[n+]([O-])c1COc1ccc(C=O)cc1. The van der Waals surface area contributed by atoms with Crippen LogP contribution >= 0.6 is 0 Å². The van der Waals surface area contributed by atoms with Crippen LogP contribution in [-0.2, 0) is 6.61 Å². The average molecular weight is 234 g/mol. The molecule has 0 amide bonds. The van der Waals surface area contributed by atoms with Gasteiger partial charge < -0.3 is 9.94 Å². The summed E-state index contributed by atoms with van der Waals surface area (Å²) in [5.74, 6) is 0.566. The van der Waals surface area contributed by atoms with Gasteiger partial charge in [-0.25, -0.2) is 0 Å². The molecule has 0 spiro atoms. The van der Waals surface area contributed by atoms with Crippen LogP contribution in [0.2, 0.25) is 0 Å². The second kappa shape index (κ2) is 4.65. The number of aromatic nitrogens is 2. The molecule has 6 heteroatoms. The lowest BCUT2D eigenvalue weighted by Crippen LogP contribution is -2.29. The van der Waals surface area contributed by atoms with Gasteiger partial charge in [0, 0.05) is 17.6 Å². The number of benzene rings is 1. The molecule has 6 nitrogen and oxygen atoms in total. The first-order valence-electron chi connectivity index (χ1n) is 4.94. The number of hydrogen-bond acceptors (Lipinski definition) is 5. The molecule has 1 aromatic heterocycles. The van der Waals surface area contributed by atoms with Crippen molar-refractivity contribution < 1.29 is 19.1 Å². The summed E-state index contributed by atoms with van der Waals surface area (Å²) in [4.78, 5) is 10.8. The van der Waals surface area contributed by atoms with E-state index in [-0.39, 0.29) is 6.61 Å². The molecular weight excluding hydrogens is 224 g/mol. The van der Waals surface area contributed by atoms with Crippen molar-refractivity contribution in [2.45, 2.75) is 13.5 Å². The first kappa shape index (κ1) is 11.1. The standard InChI is InChI=1S/C11H10N2O4/c1-8-11(13(15)17-12-8)7-16-10-4-2-9(6-14)3-5-10/h2-6H,7H2,1H3. The molecule has 0 saturated heterocycles. The van der Waals surface area contributed by atoms with Gasteiger partial charge in [-0.15, -0.1) is 0 Å². The normalized spacial score (nSPS) is 10.2. The van der Waals surface area contributed by atoms with Gasteiger partial charge in [-0.2, -0.15) is 0 Å². The molecule has 0 atom stereocenters. The van der Waals surface area contributed by atoms with E-state index >= 15 is 0 Å². The summed E-state index contributed by atoms with van der Waals surface area (Å²) >= 11 is 0. The van der Waals surface area contributed by atoms with Crippen molar-refractivity contribution in [1.29, 1.82) is 0 Å². The van der Waals surface area contributed by atoms with E-state index in [9.17, 15) is 10.0 Å². The molecule has 2 aromatic rings. The third-order valence-electron chi connectivity index (χ3n) is 2.28. The summed E-state index contributed by atoms with van der Waals surface area (Å²) in [6.07, 6.45) is 0.750. The minimum absolute atomic E-state index is 0.0687. The van der Waals surface area contributed by atoms with Crippen molar-refractivity contribution in [1.82, 2.24) is 5.16 Å². The zero-order valence-electron chi connectivity index (χ0n) is 9.12. The Kier molecular flexibility index (Phi) is 3.04. The number of nitrogens with zero attached hydrogens (tertiary/aromatic N) is 2. The van der Waals surface area contributed by atoms with Gasteiger partial charge in [0.05, 0.1) is 0 Å². The van der Waals surface area contributed by atoms with E-state index in [0.29, 0.717) is 27.6 Å². The molecule has 88 valence electrons. The topological polar surface area (TPSA) is 79.3 Å². The van der Waals surface area contributed by atoms with Crippen molar-refractivity contribution >= 4 is 6.29 Å². The van der Waals surface area contributed by atoms with E-state index < -0.39 is 0 Å². The van der Waals surface area contributed by atoms with Gasteiger partial charge in [-0.05, 0) is 29.2 Å². The summed E-state index contributed by atoms with van der Waals surface area (Å²) in [5.41, 5.74) is 1.38. The Morgan fingerprint density at radius 2 is 2.18 bits per heavy atom. The van der Waals surface area contributed by atoms with Gasteiger partial charge in [-0.1, -0.05) is 0 Å². The number of aryl methyl sites for hydroxylation is 1. The van der Waals surface area contributed by atoms with E-state index in [1.54, 1.807) is 31.2 Å². The van der Waals surface area contributed by atoms with Gasteiger partial charge in [0.2, 0.25) is 11.4 Å². The van der Waals surface area contributed by atoms with Crippen molar-refractivity contribution in [3.8, 4) is 5.75 Å². The molecule has 0 N–H and O–H groups in total. The molecule has 2 rings (SSSR count). The molecule has 1 aromatic carbocycles. The molecule has 17 heavy (non-hydrogen) atoms. The Bertz CT molecular complexity index is 499. The maximum absolute atomic E-state index is 11.1. The van der Waals surface area contributed by atoms with E-state index in [0.717, 1.165) is 6.29 Å². The fourth-order valence-corrected chi connectivity index (χ4v) is 1.28. The summed E-state index contributed by atoms with van der Waals surface area (Å²) in [6.45, 7) is 1.73. The Labute approximate surface area is 97.0 Å². The molecule has 1 heterocycles. The molecule has 0 saturated carbocycles. The number of ether oxygens (including phenoxy) is 1. The van der Waals surface area contributed by atoms with Gasteiger partial charge in [0.25, 0.3) is 0 Å². The second-order valence-corrected chi connectivity index (χ2v) is 3.44. The first-order valence-corrected chi connectivity index (χ1v) is 4.94. The smallest absolute Gasteiger partial charge is 0.235 e. The predicted molar refractivity (Wildman–Crippen MR) is 56.4 cm³/mol. The lowest BCUT2D eigenvalue weighted by atomic mass is 10.2. The number of hydrogen-bond donors (Lipinski definition) is 0. The van der Waals surface area contributed by atoms with Crippen LogP contribution in [0.3, 0.4) is 0 Å². The monoisotopic (exact) mass is 234 g/mol. The largest absolute Gasteiger partial charge is 0.485 e. The maximum Gasteiger partial charge on any atom is 0.235 e. The van der Waals surface area contributed by atoms with Crippen molar-refractivity contribution in [2.75, 3.05) is 0 Å². The highest BCUT2D eigenvalue weighted by Crippen LogP contribution is 2.13. The zero-order chi connectivity index (χ0) is 12.3. The van der Waals surface area contributed by atoms with Gasteiger partial charge in [0.15, 0.2) is 6.61 Å². The fraction of sp³-hybridized carbons (Fsp3) is 0.182. The van der Waals surface area contributed by atoms with Gasteiger partial charge in [-0.3, -0.25) is 9.42 Å². The van der Waals surface area contributed by atoms with E-state index in [1.807, 2.05) is 0 Å². The Morgan fingerprint density at radius 3 is 2.71 bits per heavy atom. The molecule has 0 radical (unpaired) electrons. The average Bonchev–Trinajstić information content (AvgIpc) is 2.67. The van der Waals surface area contributed by atoms with E-state index in [4.69, 9.17) is 4.74 Å². The van der Waals surface area contributed by atoms with Crippen molar-refractivity contribution in [2.24, 2.45) is 0 Å². The van der Waals surface area contributed by atoms with Crippen LogP contribution in [0.1, 0.15) is 21.7 Å². The molecule has 0 fully saturated rings. The Hall–Kier alpha value is -2.37. The fourth-order valence-electron chi connectivity index (χ4n) is 1.28. The molecule has 0 unspecified atom stereocenters. The molecule has 0 bridgehead atoms. The summed E-state index contributed by atoms with van der Waals surface area (Å²) < 4.78 is 9.78. The Balaban J connectivity index is 2.04. The summed E-state index contributed by atoms with van der Waals surface area (Å²) in [5, 5.41) is 14.6. The lowest BCUT2D eigenvalue weighted by Gasteiger charge is -2.03. The molecular formula is C11H10N2O4. The van der Waals surface area contributed by atoms with Crippen molar-refractivity contribution in [3.63, 3.8) is 0 Å². The van der Waals surface area contributed by atoms with Crippen LogP contribution < -0.4 is 9.64 Å². The summed E-state index contributed by atoms with van der Waals surface area (Å²) in [6, 6.07) is 6.57. The number of carbonyl (C=O) groups excluding carboxylic acids is 1. The number of rotatable bonds is 4. The summed E-state index contributed by atoms with van der Waals surface area (Å²) in [7, 11) is 0. The molecule has 0 aliphatic rings. The lowest BCUT2D eigenvalue weighted by molar-refractivity contribution is -0.808. The van der Waals surface area contributed by atoms with Crippen LogP contribution in [-0.4, -0.2) is 11.4 Å². The maximum atomic E-state index is 11.1. The number of aldehydes is 1. The highest BCUT2D eigenvalue weighted by atomic mass is 16.8. The van der Waals surface area contributed by atoms with Gasteiger partial charge >= 0.3 is 0 Å². The van der Waals surface area contributed by atoms with E-state index in [1.165, 1.54) is 0 Å². The van der Waals surface area contributed by atoms with Crippen LogP contribution in [0.5, 0.6) is 5.75 Å². The first-order chi connectivity index (χ1) is 8.20. The van der Waals surface area contributed by atoms with Crippen LogP contribution in [0.25, 0.3) is 0 Å². The van der Waals surface area contributed by atoms with Crippen molar-refractivity contribution in [3.05, 3.63) is 46.4 Å². The minimum atomic E-state index is 0.0687. The second-order valence-electron chi connectivity index (χ2n) is 3.44. The predicted octanol–water partition coefficient (Wildman–Crippen LogP) is 1.01. The molecule has 0 aliphatic heterocycles. The van der Waals surface area contributed by atoms with Crippen LogP contribution in [0.4, 0.5) is 0 Å². The molecule has 0 aliphatic carbocycles. The highest BCUT2D eigenvalue weighted by Gasteiger charge is 2.14. The third-order valence-corrected chi connectivity index (χ3v) is 2.28. The van der Waals surface area contributed by atoms with Gasteiger partial charge in [0.1, 0.15) is 12.0 Å². The Morgan fingerprint density at radius 1 is 1.47 bits per heavy atom. The number of carbonyl (C=O) groups is 1. The van der Waals surface area contributed by atoms with E-state index in [2.05, 4.69) is 9.79 Å². The third kappa shape index (κ3) is 2.41. The van der Waals surface area contributed by atoms with Crippen LogP contribution in [0.15, 0.2) is 28.9 Å². The van der Waals surface area contributed by atoms with Crippen LogP contribution in [0, 0.1) is 12.1 Å². The zero-order valence-corrected chi connectivity index (χ0v) is 9.12. The quantitative estimate of drug-likeness (QED) is 0.582. The highest BCUT2D eigenvalue weighted by molar-refractivity contribution is 5.74.